The summed E-state index contributed by atoms with van der Waals surface area (Å²) in [5.74, 6) is -0.739. The van der Waals surface area contributed by atoms with Gasteiger partial charge in [0.25, 0.3) is 5.91 Å². The van der Waals surface area contributed by atoms with Gasteiger partial charge in [0.15, 0.2) is 0 Å². The number of anilines is 1. The molecule has 1 heterocycles. The number of ether oxygens (including phenoxy) is 1. The number of esters is 1. The molecule has 0 unspecified atom stereocenters. The van der Waals surface area contributed by atoms with Crippen molar-refractivity contribution in [3.8, 4) is 0 Å². The maximum Gasteiger partial charge on any atom is 0.337 e. The lowest BCUT2D eigenvalue weighted by Crippen LogP contribution is -2.12. The Morgan fingerprint density at radius 1 is 1.12 bits per heavy atom. The average Bonchev–Trinajstić information content (AvgIpc) is 3.10. The molecule has 1 amide bonds. The molecule has 1 aromatic heterocycles. The van der Waals surface area contributed by atoms with E-state index >= 15 is 0 Å². The first-order chi connectivity index (χ1) is 12.6. The van der Waals surface area contributed by atoms with E-state index in [4.69, 9.17) is 11.6 Å². The zero-order valence-corrected chi connectivity index (χ0v) is 14.7. The minimum Gasteiger partial charge on any atom is -0.465 e. The molecule has 0 spiro atoms. The highest BCUT2D eigenvalue weighted by Crippen LogP contribution is 2.17. The predicted molar refractivity (Wildman–Crippen MR) is 98.5 cm³/mol. The third-order valence-electron chi connectivity index (χ3n) is 3.75. The SMILES string of the molecule is COC(=O)c1ccc(C(=O)Nc2cnn(Cc3ccccc3Cl)c2)cc1. The number of benzene rings is 2. The second kappa shape index (κ2) is 7.84. The van der Waals surface area contributed by atoms with Crippen molar-refractivity contribution in [3.63, 3.8) is 0 Å². The van der Waals surface area contributed by atoms with Gasteiger partial charge in [0.05, 0.1) is 31.1 Å². The minimum absolute atomic E-state index is 0.293. The van der Waals surface area contributed by atoms with Crippen LogP contribution in [0.4, 0.5) is 5.69 Å². The molecule has 0 saturated heterocycles. The van der Waals surface area contributed by atoms with Crippen molar-refractivity contribution in [3.05, 3.63) is 82.6 Å². The van der Waals surface area contributed by atoms with Crippen LogP contribution in [0, 0.1) is 0 Å². The van der Waals surface area contributed by atoms with Crippen molar-refractivity contribution in [2.24, 2.45) is 0 Å². The Kier molecular flexibility index (Phi) is 5.34. The maximum atomic E-state index is 12.3. The molecule has 132 valence electrons. The molecule has 3 rings (SSSR count). The first kappa shape index (κ1) is 17.7. The van der Waals surface area contributed by atoms with E-state index in [1.54, 1.807) is 41.3 Å². The Labute approximate surface area is 155 Å². The largest absolute Gasteiger partial charge is 0.465 e. The summed E-state index contributed by atoms with van der Waals surface area (Å²) in [5.41, 5.74) is 2.32. The first-order valence-corrected chi connectivity index (χ1v) is 8.20. The van der Waals surface area contributed by atoms with Crippen LogP contribution in [0.2, 0.25) is 5.02 Å². The number of hydrogen-bond donors (Lipinski definition) is 1. The van der Waals surface area contributed by atoms with Crippen molar-refractivity contribution in [2.75, 3.05) is 12.4 Å². The van der Waals surface area contributed by atoms with Gasteiger partial charge in [-0.1, -0.05) is 29.8 Å². The van der Waals surface area contributed by atoms with Gasteiger partial charge in [-0.2, -0.15) is 5.10 Å². The Morgan fingerprint density at radius 3 is 2.50 bits per heavy atom. The number of carbonyl (C=O) groups is 2. The third kappa shape index (κ3) is 4.10. The molecule has 0 fully saturated rings. The molecule has 2 aromatic carbocycles. The van der Waals surface area contributed by atoms with Gasteiger partial charge in [0.2, 0.25) is 0 Å². The molecular formula is C19H16ClN3O3. The fourth-order valence-electron chi connectivity index (χ4n) is 2.39. The van der Waals surface area contributed by atoms with Crippen LogP contribution in [0.5, 0.6) is 0 Å². The summed E-state index contributed by atoms with van der Waals surface area (Å²) in [7, 11) is 1.31. The smallest absolute Gasteiger partial charge is 0.337 e. The fourth-order valence-corrected chi connectivity index (χ4v) is 2.59. The van der Waals surface area contributed by atoms with E-state index < -0.39 is 5.97 Å². The summed E-state index contributed by atoms with van der Waals surface area (Å²) in [5, 5.41) is 7.67. The summed E-state index contributed by atoms with van der Waals surface area (Å²) >= 11 is 6.15. The van der Waals surface area contributed by atoms with Crippen LogP contribution in [-0.2, 0) is 11.3 Å². The lowest BCUT2D eigenvalue weighted by Gasteiger charge is -2.05. The van der Waals surface area contributed by atoms with Gasteiger partial charge in [0, 0.05) is 16.8 Å². The van der Waals surface area contributed by atoms with E-state index in [1.807, 2.05) is 24.3 Å². The molecule has 0 radical (unpaired) electrons. The molecule has 26 heavy (non-hydrogen) atoms. The van der Waals surface area contributed by atoms with Gasteiger partial charge < -0.3 is 10.1 Å². The topological polar surface area (TPSA) is 73.2 Å². The monoisotopic (exact) mass is 369 g/mol. The zero-order valence-electron chi connectivity index (χ0n) is 14.0. The molecule has 6 nitrogen and oxygen atoms in total. The summed E-state index contributed by atoms with van der Waals surface area (Å²) < 4.78 is 6.32. The number of amides is 1. The predicted octanol–water partition coefficient (Wildman–Crippen LogP) is 3.62. The number of methoxy groups -OCH3 is 1. The number of carbonyl (C=O) groups excluding carboxylic acids is 2. The van der Waals surface area contributed by atoms with Crippen molar-refractivity contribution in [1.29, 1.82) is 0 Å². The van der Waals surface area contributed by atoms with Crippen LogP contribution < -0.4 is 5.32 Å². The van der Waals surface area contributed by atoms with Gasteiger partial charge in [-0.05, 0) is 35.9 Å². The fraction of sp³-hybridized carbons (Fsp3) is 0.105. The molecule has 0 aliphatic rings. The summed E-state index contributed by atoms with van der Waals surface area (Å²) in [6, 6.07) is 13.7. The highest BCUT2D eigenvalue weighted by molar-refractivity contribution is 6.31. The summed E-state index contributed by atoms with van der Waals surface area (Å²) in [6.07, 6.45) is 3.29. The van der Waals surface area contributed by atoms with Crippen LogP contribution in [0.15, 0.2) is 60.9 Å². The Morgan fingerprint density at radius 2 is 1.81 bits per heavy atom. The van der Waals surface area contributed by atoms with E-state index in [0.717, 1.165) is 5.56 Å². The van der Waals surface area contributed by atoms with E-state index in [9.17, 15) is 9.59 Å². The second-order valence-electron chi connectivity index (χ2n) is 5.54. The second-order valence-corrected chi connectivity index (χ2v) is 5.95. The van der Waals surface area contributed by atoms with Gasteiger partial charge >= 0.3 is 5.97 Å². The average molecular weight is 370 g/mol. The van der Waals surface area contributed by atoms with E-state index in [-0.39, 0.29) is 5.91 Å². The zero-order chi connectivity index (χ0) is 18.5. The third-order valence-corrected chi connectivity index (χ3v) is 4.12. The molecule has 0 saturated carbocycles. The van der Waals surface area contributed by atoms with Crippen molar-refractivity contribution in [2.45, 2.75) is 6.54 Å². The minimum atomic E-state index is -0.446. The molecule has 0 bridgehead atoms. The van der Waals surface area contributed by atoms with Gasteiger partial charge in [-0.15, -0.1) is 0 Å². The number of aromatic nitrogens is 2. The van der Waals surface area contributed by atoms with E-state index in [1.165, 1.54) is 7.11 Å². The number of rotatable bonds is 5. The van der Waals surface area contributed by atoms with Gasteiger partial charge in [0.1, 0.15) is 0 Å². The number of hydrogen-bond acceptors (Lipinski definition) is 4. The molecular weight excluding hydrogens is 354 g/mol. The highest BCUT2D eigenvalue weighted by atomic mass is 35.5. The van der Waals surface area contributed by atoms with Crippen LogP contribution in [0.25, 0.3) is 0 Å². The van der Waals surface area contributed by atoms with E-state index in [0.29, 0.717) is 28.4 Å². The van der Waals surface area contributed by atoms with Crippen LogP contribution >= 0.6 is 11.6 Å². The van der Waals surface area contributed by atoms with Crippen molar-refractivity contribution in [1.82, 2.24) is 9.78 Å². The van der Waals surface area contributed by atoms with Gasteiger partial charge in [-0.25, -0.2) is 4.79 Å². The molecule has 7 heteroatoms. The molecule has 0 aliphatic carbocycles. The lowest BCUT2D eigenvalue weighted by atomic mass is 10.1. The van der Waals surface area contributed by atoms with Crippen molar-refractivity contribution < 1.29 is 14.3 Å². The Hall–Kier alpha value is -3.12. The molecule has 1 N–H and O–H groups in total. The van der Waals surface area contributed by atoms with Crippen LogP contribution in [-0.4, -0.2) is 28.8 Å². The lowest BCUT2D eigenvalue weighted by molar-refractivity contribution is 0.0600. The Balaban J connectivity index is 1.66. The molecule has 3 aromatic rings. The molecule has 0 aliphatic heterocycles. The van der Waals surface area contributed by atoms with Crippen LogP contribution in [0.1, 0.15) is 26.3 Å². The standard InChI is InChI=1S/C19H16ClN3O3/c1-26-19(25)14-8-6-13(7-9-14)18(24)22-16-10-21-23(12-16)11-15-4-2-3-5-17(15)20/h2-10,12H,11H2,1H3,(H,22,24). The maximum absolute atomic E-state index is 12.3. The highest BCUT2D eigenvalue weighted by Gasteiger charge is 2.10. The van der Waals surface area contributed by atoms with E-state index in [2.05, 4.69) is 15.2 Å². The summed E-state index contributed by atoms with van der Waals surface area (Å²) in [6.45, 7) is 0.503. The normalized spacial score (nSPS) is 10.4. The number of nitrogens with zero attached hydrogens (tertiary/aromatic N) is 2. The quantitative estimate of drug-likeness (QED) is 0.697. The van der Waals surface area contributed by atoms with Crippen molar-refractivity contribution >= 4 is 29.2 Å². The van der Waals surface area contributed by atoms with Crippen LogP contribution in [0.3, 0.4) is 0 Å². The van der Waals surface area contributed by atoms with Gasteiger partial charge in [-0.3, -0.25) is 9.48 Å². The molecule has 0 atom stereocenters. The first-order valence-electron chi connectivity index (χ1n) is 7.82. The summed E-state index contributed by atoms with van der Waals surface area (Å²) in [4.78, 5) is 23.7. The Bertz CT molecular complexity index is 935. The number of halogens is 1. The number of nitrogens with one attached hydrogen (secondary N) is 1.